The molecule has 0 saturated carbocycles. The molecule has 0 aliphatic carbocycles. The zero-order valence-corrected chi connectivity index (χ0v) is 9.54. The van der Waals surface area contributed by atoms with Crippen molar-refractivity contribution in [3.8, 4) is 11.8 Å². The molecule has 0 saturated heterocycles. The van der Waals surface area contributed by atoms with Crippen LogP contribution >= 0.6 is 0 Å². The van der Waals surface area contributed by atoms with Gasteiger partial charge in [0.15, 0.2) is 17.4 Å². The van der Waals surface area contributed by atoms with Gasteiger partial charge in [0.05, 0.1) is 6.07 Å². The van der Waals surface area contributed by atoms with Crippen molar-refractivity contribution in [3.63, 3.8) is 0 Å². The van der Waals surface area contributed by atoms with Gasteiger partial charge in [-0.3, -0.25) is 5.32 Å². The average molecular weight is 240 g/mol. The van der Waals surface area contributed by atoms with Crippen LogP contribution in [0.5, 0.6) is 5.75 Å². The molecule has 0 fully saturated rings. The van der Waals surface area contributed by atoms with Crippen LogP contribution in [0.4, 0.5) is 8.78 Å². The summed E-state index contributed by atoms with van der Waals surface area (Å²) in [6.07, 6.45) is 0.867. The molecular formula is C12H14F2N2O. The highest BCUT2D eigenvalue weighted by Crippen LogP contribution is 2.20. The fraction of sp³-hybridized carbons (Fsp3) is 0.417. The van der Waals surface area contributed by atoms with Crippen LogP contribution in [-0.2, 0) is 0 Å². The van der Waals surface area contributed by atoms with Crippen molar-refractivity contribution < 1.29 is 13.5 Å². The Morgan fingerprint density at radius 2 is 2.06 bits per heavy atom. The number of nitrogens with zero attached hydrogens (tertiary/aromatic N) is 1. The van der Waals surface area contributed by atoms with Gasteiger partial charge in [0, 0.05) is 0 Å². The standard InChI is InChI=1S/C12H14F2N2O/c1-2-6-16-9(7-15)8-17-12-10(13)4-3-5-11(12)14/h3-5,9,16H,2,6,8H2,1H3. The van der Waals surface area contributed by atoms with Crippen LogP contribution in [0.15, 0.2) is 18.2 Å². The Morgan fingerprint density at radius 1 is 1.41 bits per heavy atom. The van der Waals surface area contributed by atoms with Gasteiger partial charge in [-0.1, -0.05) is 13.0 Å². The molecule has 92 valence electrons. The number of halogens is 2. The maximum Gasteiger partial charge on any atom is 0.190 e. The second-order valence-corrected chi connectivity index (χ2v) is 3.50. The third kappa shape index (κ3) is 4.00. The maximum atomic E-state index is 13.2. The molecule has 1 unspecified atom stereocenters. The predicted molar refractivity (Wildman–Crippen MR) is 59.5 cm³/mol. The number of hydrogen-bond donors (Lipinski definition) is 1. The number of para-hydroxylation sites is 1. The van der Waals surface area contributed by atoms with Crippen molar-refractivity contribution in [1.29, 1.82) is 5.26 Å². The van der Waals surface area contributed by atoms with Crippen molar-refractivity contribution in [2.45, 2.75) is 19.4 Å². The van der Waals surface area contributed by atoms with Crippen molar-refractivity contribution in [3.05, 3.63) is 29.8 Å². The molecule has 1 aromatic carbocycles. The number of nitrogens with one attached hydrogen (secondary N) is 1. The number of hydrogen-bond acceptors (Lipinski definition) is 3. The van der Waals surface area contributed by atoms with Gasteiger partial charge in [0.25, 0.3) is 0 Å². The second kappa shape index (κ2) is 6.81. The van der Waals surface area contributed by atoms with Gasteiger partial charge in [0.1, 0.15) is 12.6 Å². The number of benzene rings is 1. The molecule has 17 heavy (non-hydrogen) atoms. The van der Waals surface area contributed by atoms with Crippen molar-refractivity contribution >= 4 is 0 Å². The van der Waals surface area contributed by atoms with E-state index in [0.717, 1.165) is 18.6 Å². The number of rotatable bonds is 6. The van der Waals surface area contributed by atoms with Crippen molar-refractivity contribution in [2.24, 2.45) is 0 Å². The lowest BCUT2D eigenvalue weighted by molar-refractivity contribution is 0.263. The van der Waals surface area contributed by atoms with Gasteiger partial charge in [0.2, 0.25) is 0 Å². The minimum absolute atomic E-state index is 0.0889. The Kier molecular flexibility index (Phi) is 5.37. The van der Waals surface area contributed by atoms with E-state index in [1.54, 1.807) is 0 Å². The first-order valence-corrected chi connectivity index (χ1v) is 5.38. The Labute approximate surface area is 99.0 Å². The third-order valence-corrected chi connectivity index (χ3v) is 2.11. The molecule has 0 heterocycles. The van der Waals surface area contributed by atoms with E-state index in [4.69, 9.17) is 10.00 Å². The zero-order chi connectivity index (χ0) is 12.7. The van der Waals surface area contributed by atoms with Gasteiger partial charge < -0.3 is 4.74 Å². The van der Waals surface area contributed by atoms with Crippen LogP contribution in [0.3, 0.4) is 0 Å². The molecule has 1 N–H and O–H groups in total. The monoisotopic (exact) mass is 240 g/mol. The first-order chi connectivity index (χ1) is 8.19. The van der Waals surface area contributed by atoms with E-state index in [0.29, 0.717) is 6.54 Å². The summed E-state index contributed by atoms with van der Waals surface area (Å²) in [6.45, 7) is 2.52. The van der Waals surface area contributed by atoms with Crippen molar-refractivity contribution in [2.75, 3.05) is 13.2 Å². The summed E-state index contributed by atoms with van der Waals surface area (Å²) in [6, 6.07) is 4.87. The van der Waals surface area contributed by atoms with Gasteiger partial charge >= 0.3 is 0 Å². The van der Waals surface area contributed by atoms with E-state index in [-0.39, 0.29) is 6.61 Å². The van der Waals surface area contributed by atoms with Crippen LogP contribution in [0.25, 0.3) is 0 Å². The van der Waals surface area contributed by atoms with Crippen LogP contribution in [0.1, 0.15) is 13.3 Å². The van der Waals surface area contributed by atoms with E-state index in [1.807, 2.05) is 13.0 Å². The molecule has 1 atom stereocenters. The molecule has 3 nitrogen and oxygen atoms in total. The van der Waals surface area contributed by atoms with Gasteiger partial charge in [-0.05, 0) is 25.1 Å². The molecule has 1 aromatic rings. The summed E-state index contributed by atoms with van der Waals surface area (Å²) < 4.78 is 31.4. The molecule has 0 aliphatic heterocycles. The maximum absolute atomic E-state index is 13.2. The van der Waals surface area contributed by atoms with E-state index in [1.165, 1.54) is 6.07 Å². The van der Waals surface area contributed by atoms with E-state index in [2.05, 4.69) is 5.32 Å². The summed E-state index contributed by atoms with van der Waals surface area (Å²) in [4.78, 5) is 0. The summed E-state index contributed by atoms with van der Waals surface area (Å²) in [7, 11) is 0. The van der Waals surface area contributed by atoms with Gasteiger partial charge in [-0.25, -0.2) is 8.78 Å². The largest absolute Gasteiger partial charge is 0.485 e. The minimum atomic E-state index is -0.766. The highest BCUT2D eigenvalue weighted by molar-refractivity contribution is 5.26. The first kappa shape index (κ1) is 13.4. The van der Waals surface area contributed by atoms with E-state index < -0.39 is 23.4 Å². The van der Waals surface area contributed by atoms with Crippen LogP contribution in [0.2, 0.25) is 0 Å². The average Bonchev–Trinajstić information content (AvgIpc) is 2.32. The summed E-state index contributed by atoms with van der Waals surface area (Å²) >= 11 is 0. The molecule has 0 spiro atoms. The molecule has 1 rings (SSSR count). The number of ether oxygens (including phenoxy) is 1. The molecular weight excluding hydrogens is 226 g/mol. The highest BCUT2D eigenvalue weighted by atomic mass is 19.1. The predicted octanol–water partition coefficient (Wildman–Crippen LogP) is 2.24. The van der Waals surface area contributed by atoms with E-state index in [9.17, 15) is 8.78 Å². The fourth-order valence-electron chi connectivity index (χ4n) is 1.25. The molecule has 0 bridgehead atoms. The third-order valence-electron chi connectivity index (χ3n) is 2.11. The second-order valence-electron chi connectivity index (χ2n) is 3.50. The SMILES string of the molecule is CCCNC(C#N)COc1c(F)cccc1F. The molecule has 5 heteroatoms. The molecule has 0 radical (unpaired) electrons. The van der Waals surface area contributed by atoms with Crippen LogP contribution in [-0.4, -0.2) is 19.2 Å². The Hall–Kier alpha value is -1.67. The molecule has 0 aliphatic rings. The minimum Gasteiger partial charge on any atom is -0.485 e. The first-order valence-electron chi connectivity index (χ1n) is 5.38. The summed E-state index contributed by atoms with van der Waals surface area (Å²) in [5, 5.41) is 11.7. The Bertz CT molecular complexity index is 384. The lowest BCUT2D eigenvalue weighted by Crippen LogP contribution is -2.34. The number of nitriles is 1. The quantitative estimate of drug-likeness (QED) is 0.829. The fourth-order valence-corrected chi connectivity index (χ4v) is 1.25. The van der Waals surface area contributed by atoms with Gasteiger partial charge in [-0.15, -0.1) is 0 Å². The van der Waals surface area contributed by atoms with E-state index >= 15 is 0 Å². The zero-order valence-electron chi connectivity index (χ0n) is 9.54. The Balaban J connectivity index is 2.57. The Morgan fingerprint density at radius 3 is 2.59 bits per heavy atom. The van der Waals surface area contributed by atoms with Crippen LogP contribution < -0.4 is 10.1 Å². The van der Waals surface area contributed by atoms with Gasteiger partial charge in [-0.2, -0.15) is 5.26 Å². The lowest BCUT2D eigenvalue weighted by Gasteiger charge is -2.13. The molecule has 0 aromatic heterocycles. The van der Waals surface area contributed by atoms with Crippen LogP contribution in [0, 0.1) is 23.0 Å². The highest BCUT2D eigenvalue weighted by Gasteiger charge is 2.13. The molecule has 0 amide bonds. The van der Waals surface area contributed by atoms with Crippen molar-refractivity contribution in [1.82, 2.24) is 5.32 Å². The smallest absolute Gasteiger partial charge is 0.190 e. The normalized spacial score (nSPS) is 11.9. The topological polar surface area (TPSA) is 45.0 Å². The lowest BCUT2D eigenvalue weighted by atomic mass is 10.3. The summed E-state index contributed by atoms with van der Waals surface area (Å²) in [5.74, 6) is -1.97. The summed E-state index contributed by atoms with van der Waals surface area (Å²) in [5.41, 5.74) is 0.